The zero-order valence-corrected chi connectivity index (χ0v) is 13.8. The van der Waals surface area contributed by atoms with Crippen LogP contribution in [0.25, 0.3) is 0 Å². The van der Waals surface area contributed by atoms with Crippen LogP contribution in [-0.4, -0.2) is 43.4 Å². The molecule has 23 heavy (non-hydrogen) atoms. The second-order valence-electron chi connectivity index (χ2n) is 5.40. The smallest absolute Gasteiger partial charge is 0.358 e. The molecule has 1 saturated heterocycles. The van der Waals surface area contributed by atoms with Gasteiger partial charge in [0.2, 0.25) is 5.91 Å². The SMILES string of the molecule is O=C(O)c1cn(CC(=O)N2CCCC2c2ccc(Br)cc2)nn1. The van der Waals surface area contributed by atoms with Crippen LogP contribution in [0.5, 0.6) is 0 Å². The molecule has 7 nitrogen and oxygen atoms in total. The number of nitrogens with zero attached hydrogens (tertiary/aromatic N) is 4. The molecule has 1 fully saturated rings. The van der Waals surface area contributed by atoms with E-state index in [0.717, 1.165) is 22.9 Å². The first-order valence-electron chi connectivity index (χ1n) is 7.23. The van der Waals surface area contributed by atoms with Crippen molar-refractivity contribution in [2.24, 2.45) is 0 Å². The predicted molar refractivity (Wildman–Crippen MR) is 84.8 cm³/mol. The number of amides is 1. The van der Waals surface area contributed by atoms with Gasteiger partial charge in [0, 0.05) is 11.0 Å². The first-order valence-corrected chi connectivity index (χ1v) is 8.02. The van der Waals surface area contributed by atoms with Gasteiger partial charge in [-0.3, -0.25) is 4.79 Å². The zero-order valence-electron chi connectivity index (χ0n) is 12.2. The highest BCUT2D eigenvalue weighted by molar-refractivity contribution is 9.10. The van der Waals surface area contributed by atoms with Gasteiger partial charge >= 0.3 is 5.97 Å². The maximum atomic E-state index is 12.5. The molecule has 0 spiro atoms. The fraction of sp³-hybridized carbons (Fsp3) is 0.333. The van der Waals surface area contributed by atoms with Gasteiger partial charge in [0.05, 0.1) is 12.2 Å². The molecule has 1 atom stereocenters. The number of rotatable bonds is 4. The van der Waals surface area contributed by atoms with E-state index in [1.54, 1.807) is 0 Å². The summed E-state index contributed by atoms with van der Waals surface area (Å²) in [5.74, 6) is -1.24. The largest absolute Gasteiger partial charge is 0.476 e. The Bertz CT molecular complexity index is 729. The highest BCUT2D eigenvalue weighted by Gasteiger charge is 2.30. The fourth-order valence-electron chi connectivity index (χ4n) is 2.80. The Hall–Kier alpha value is -2.22. The Kier molecular flexibility index (Phi) is 4.42. The molecular formula is C15H15BrN4O3. The number of aromatic carboxylic acids is 1. The van der Waals surface area contributed by atoms with E-state index in [9.17, 15) is 9.59 Å². The summed E-state index contributed by atoms with van der Waals surface area (Å²) in [5, 5.41) is 16.1. The molecule has 0 saturated carbocycles. The number of carboxylic acid groups (broad SMARTS) is 1. The summed E-state index contributed by atoms with van der Waals surface area (Å²) in [4.78, 5) is 25.2. The summed E-state index contributed by atoms with van der Waals surface area (Å²) in [6.07, 6.45) is 3.14. The van der Waals surface area contributed by atoms with E-state index in [1.807, 2.05) is 29.2 Å². The van der Waals surface area contributed by atoms with Crippen molar-refractivity contribution in [1.29, 1.82) is 0 Å². The van der Waals surface area contributed by atoms with Crippen LogP contribution in [-0.2, 0) is 11.3 Å². The third kappa shape index (κ3) is 3.42. The van der Waals surface area contributed by atoms with Crippen LogP contribution in [0.4, 0.5) is 0 Å². The quantitative estimate of drug-likeness (QED) is 0.879. The minimum Gasteiger partial charge on any atom is -0.476 e. The molecule has 0 radical (unpaired) electrons. The van der Waals surface area contributed by atoms with Gasteiger partial charge in [-0.25, -0.2) is 9.48 Å². The third-order valence-corrected chi connectivity index (χ3v) is 4.41. The Morgan fingerprint density at radius 1 is 1.30 bits per heavy atom. The van der Waals surface area contributed by atoms with Gasteiger partial charge in [-0.15, -0.1) is 5.10 Å². The first-order chi connectivity index (χ1) is 11.0. The van der Waals surface area contributed by atoms with Gasteiger partial charge in [0.1, 0.15) is 6.54 Å². The third-order valence-electron chi connectivity index (χ3n) is 3.88. The Morgan fingerprint density at radius 2 is 2.04 bits per heavy atom. The Labute approximate surface area is 141 Å². The minimum atomic E-state index is -1.15. The molecule has 1 aliphatic heterocycles. The lowest BCUT2D eigenvalue weighted by molar-refractivity contribution is -0.133. The molecule has 1 unspecified atom stereocenters. The second kappa shape index (κ2) is 6.49. The van der Waals surface area contributed by atoms with E-state index in [1.165, 1.54) is 10.9 Å². The Morgan fingerprint density at radius 3 is 2.70 bits per heavy atom. The Balaban J connectivity index is 1.72. The van der Waals surface area contributed by atoms with E-state index >= 15 is 0 Å². The van der Waals surface area contributed by atoms with Gasteiger partial charge in [-0.05, 0) is 30.5 Å². The minimum absolute atomic E-state index is 0.00664. The molecule has 1 aromatic heterocycles. The van der Waals surface area contributed by atoms with E-state index in [4.69, 9.17) is 5.11 Å². The molecule has 2 heterocycles. The molecule has 8 heteroatoms. The molecule has 2 aromatic rings. The number of likely N-dealkylation sites (tertiary alicyclic amines) is 1. The highest BCUT2D eigenvalue weighted by Crippen LogP contribution is 2.32. The maximum absolute atomic E-state index is 12.5. The maximum Gasteiger partial charge on any atom is 0.358 e. The number of hydrogen-bond acceptors (Lipinski definition) is 4. The summed E-state index contributed by atoms with van der Waals surface area (Å²) < 4.78 is 2.27. The van der Waals surface area contributed by atoms with Crippen molar-refractivity contribution in [1.82, 2.24) is 19.9 Å². The van der Waals surface area contributed by atoms with Crippen LogP contribution >= 0.6 is 15.9 Å². The van der Waals surface area contributed by atoms with E-state index in [0.29, 0.717) is 6.54 Å². The van der Waals surface area contributed by atoms with Gasteiger partial charge in [0.15, 0.2) is 5.69 Å². The van der Waals surface area contributed by atoms with Crippen LogP contribution in [0, 0.1) is 0 Å². The summed E-state index contributed by atoms with van der Waals surface area (Å²) in [6, 6.07) is 8.01. The molecule has 120 valence electrons. The van der Waals surface area contributed by atoms with Crippen molar-refractivity contribution in [2.75, 3.05) is 6.54 Å². The van der Waals surface area contributed by atoms with Gasteiger partial charge in [0.25, 0.3) is 0 Å². The van der Waals surface area contributed by atoms with Gasteiger partial charge < -0.3 is 10.0 Å². The lowest BCUT2D eigenvalue weighted by atomic mass is 10.0. The summed E-state index contributed by atoms with van der Waals surface area (Å²) in [5.41, 5.74) is 0.938. The van der Waals surface area contributed by atoms with Crippen LogP contribution in [0.15, 0.2) is 34.9 Å². The standard InChI is InChI=1S/C15H15BrN4O3/c16-11-5-3-10(4-6-11)13-2-1-7-20(13)14(21)9-19-8-12(15(22)23)17-18-19/h3-6,8,13H,1-2,7,9H2,(H,22,23). The van der Waals surface area contributed by atoms with Gasteiger partial charge in [-0.1, -0.05) is 33.3 Å². The normalized spacial score (nSPS) is 17.4. The van der Waals surface area contributed by atoms with Crippen molar-refractivity contribution in [3.8, 4) is 0 Å². The van der Waals surface area contributed by atoms with Gasteiger partial charge in [-0.2, -0.15) is 0 Å². The van der Waals surface area contributed by atoms with E-state index < -0.39 is 5.97 Å². The van der Waals surface area contributed by atoms with Crippen LogP contribution in [0.3, 0.4) is 0 Å². The second-order valence-corrected chi connectivity index (χ2v) is 6.32. The van der Waals surface area contributed by atoms with E-state index in [-0.39, 0.29) is 24.2 Å². The molecule has 1 aromatic carbocycles. The van der Waals surface area contributed by atoms with Crippen molar-refractivity contribution in [3.63, 3.8) is 0 Å². The molecule has 1 N–H and O–H groups in total. The molecule has 0 bridgehead atoms. The van der Waals surface area contributed by atoms with E-state index in [2.05, 4.69) is 26.2 Å². The molecule has 0 aliphatic carbocycles. The lowest BCUT2D eigenvalue weighted by Crippen LogP contribution is -2.33. The van der Waals surface area contributed by atoms with Crippen molar-refractivity contribution >= 4 is 27.8 Å². The number of halogens is 1. The average molecular weight is 379 g/mol. The number of carboxylic acids is 1. The van der Waals surface area contributed by atoms with Crippen molar-refractivity contribution in [3.05, 3.63) is 46.2 Å². The monoisotopic (exact) mass is 378 g/mol. The molecular weight excluding hydrogens is 364 g/mol. The number of carbonyl (C=O) groups excluding carboxylic acids is 1. The van der Waals surface area contributed by atoms with Crippen molar-refractivity contribution < 1.29 is 14.7 Å². The number of carbonyl (C=O) groups is 2. The zero-order chi connectivity index (χ0) is 16.4. The van der Waals surface area contributed by atoms with Crippen LogP contribution in [0.2, 0.25) is 0 Å². The number of hydrogen-bond donors (Lipinski definition) is 1. The summed E-state index contributed by atoms with van der Waals surface area (Å²) in [7, 11) is 0. The van der Waals surface area contributed by atoms with Crippen LogP contribution < -0.4 is 0 Å². The molecule has 3 rings (SSSR count). The number of benzene rings is 1. The first kappa shape index (κ1) is 15.7. The predicted octanol–water partition coefficient (Wildman–Crippen LogP) is 2.10. The molecule has 1 aliphatic rings. The topological polar surface area (TPSA) is 88.3 Å². The summed E-state index contributed by atoms with van der Waals surface area (Å²) >= 11 is 3.41. The van der Waals surface area contributed by atoms with Crippen LogP contribution in [0.1, 0.15) is 34.9 Å². The fourth-order valence-corrected chi connectivity index (χ4v) is 3.06. The molecule has 1 amide bonds. The highest BCUT2D eigenvalue weighted by atomic mass is 79.9. The van der Waals surface area contributed by atoms with Crippen molar-refractivity contribution in [2.45, 2.75) is 25.4 Å². The average Bonchev–Trinajstić information content (AvgIpc) is 3.16. The summed E-state index contributed by atoms with van der Waals surface area (Å²) in [6.45, 7) is 0.688. The number of aromatic nitrogens is 3. The lowest BCUT2D eigenvalue weighted by Gasteiger charge is -2.25.